The van der Waals surface area contributed by atoms with Gasteiger partial charge in [-0.25, -0.2) is 16.8 Å². The summed E-state index contributed by atoms with van der Waals surface area (Å²) >= 11 is 0. The number of aryl methyl sites for hydroxylation is 2. The van der Waals surface area contributed by atoms with Gasteiger partial charge in [-0.2, -0.15) is 4.31 Å². The van der Waals surface area contributed by atoms with Crippen LogP contribution in [0.1, 0.15) is 30.5 Å². The number of anilines is 1. The smallest absolute Gasteiger partial charge is 0.261 e. The Kier molecular flexibility index (Phi) is 6.34. The van der Waals surface area contributed by atoms with Gasteiger partial charge in [-0.1, -0.05) is 31.5 Å². The van der Waals surface area contributed by atoms with Crippen molar-refractivity contribution >= 4 is 25.7 Å². The van der Waals surface area contributed by atoms with Gasteiger partial charge in [0.2, 0.25) is 10.0 Å². The third kappa shape index (κ3) is 4.51. The average molecular weight is 411 g/mol. The van der Waals surface area contributed by atoms with E-state index in [4.69, 9.17) is 0 Å². The van der Waals surface area contributed by atoms with Crippen LogP contribution in [-0.2, 0) is 20.0 Å². The SMILES string of the molecule is CCN(CC)S(=O)(=O)c1cc(C)c(C)c(NS(=O)(=O)c2ccc(C)cc2)c1. The summed E-state index contributed by atoms with van der Waals surface area (Å²) in [5, 5.41) is 0. The van der Waals surface area contributed by atoms with Crippen LogP contribution in [0.4, 0.5) is 5.69 Å². The molecule has 0 amide bonds. The highest BCUT2D eigenvalue weighted by molar-refractivity contribution is 7.92. The van der Waals surface area contributed by atoms with Gasteiger partial charge in [-0.05, 0) is 56.2 Å². The van der Waals surface area contributed by atoms with Crippen LogP contribution in [0.5, 0.6) is 0 Å². The molecule has 6 nitrogen and oxygen atoms in total. The molecule has 0 aliphatic rings. The van der Waals surface area contributed by atoms with E-state index < -0.39 is 20.0 Å². The van der Waals surface area contributed by atoms with Crippen molar-refractivity contribution in [2.24, 2.45) is 0 Å². The molecule has 0 bridgehead atoms. The number of hydrogen-bond acceptors (Lipinski definition) is 4. The molecule has 0 fully saturated rings. The van der Waals surface area contributed by atoms with Crippen LogP contribution in [-0.4, -0.2) is 34.2 Å². The van der Waals surface area contributed by atoms with E-state index in [1.165, 1.54) is 22.5 Å². The van der Waals surface area contributed by atoms with Gasteiger partial charge >= 0.3 is 0 Å². The van der Waals surface area contributed by atoms with E-state index in [9.17, 15) is 16.8 Å². The molecule has 0 saturated carbocycles. The van der Waals surface area contributed by atoms with Crippen molar-refractivity contribution in [2.75, 3.05) is 17.8 Å². The van der Waals surface area contributed by atoms with Crippen molar-refractivity contribution in [3.05, 3.63) is 53.1 Å². The highest BCUT2D eigenvalue weighted by Gasteiger charge is 2.24. The molecule has 1 N–H and O–H groups in total. The van der Waals surface area contributed by atoms with Crippen molar-refractivity contribution in [3.63, 3.8) is 0 Å². The molecule has 0 spiro atoms. The Labute approximate surface area is 162 Å². The lowest BCUT2D eigenvalue weighted by Gasteiger charge is -2.20. The molecule has 27 heavy (non-hydrogen) atoms. The second kappa shape index (κ2) is 8.00. The minimum atomic E-state index is -3.82. The normalized spacial score (nSPS) is 12.4. The monoisotopic (exact) mass is 410 g/mol. The molecular weight excluding hydrogens is 384 g/mol. The Balaban J connectivity index is 2.52. The van der Waals surface area contributed by atoms with E-state index in [1.807, 2.05) is 6.92 Å². The van der Waals surface area contributed by atoms with E-state index in [2.05, 4.69) is 4.72 Å². The first-order chi connectivity index (χ1) is 12.5. The minimum absolute atomic E-state index is 0.0795. The van der Waals surface area contributed by atoms with Crippen molar-refractivity contribution in [2.45, 2.75) is 44.4 Å². The molecule has 0 aliphatic carbocycles. The Morgan fingerprint density at radius 3 is 1.93 bits per heavy atom. The van der Waals surface area contributed by atoms with Crippen LogP contribution < -0.4 is 4.72 Å². The number of hydrogen-bond donors (Lipinski definition) is 1. The first-order valence-electron chi connectivity index (χ1n) is 8.73. The average Bonchev–Trinajstić information content (AvgIpc) is 2.59. The van der Waals surface area contributed by atoms with Gasteiger partial charge in [0.25, 0.3) is 10.0 Å². The van der Waals surface area contributed by atoms with Crippen LogP contribution in [0.15, 0.2) is 46.2 Å². The number of benzene rings is 2. The summed E-state index contributed by atoms with van der Waals surface area (Å²) in [6, 6.07) is 9.45. The van der Waals surface area contributed by atoms with Crippen molar-refractivity contribution < 1.29 is 16.8 Å². The Morgan fingerprint density at radius 2 is 1.41 bits per heavy atom. The topological polar surface area (TPSA) is 83.6 Å². The summed E-state index contributed by atoms with van der Waals surface area (Å²) in [6.07, 6.45) is 0. The van der Waals surface area contributed by atoms with Crippen LogP contribution >= 0.6 is 0 Å². The number of nitrogens with one attached hydrogen (secondary N) is 1. The molecule has 2 aromatic carbocycles. The molecule has 2 aromatic rings. The third-order valence-electron chi connectivity index (χ3n) is 4.56. The maximum atomic E-state index is 12.8. The van der Waals surface area contributed by atoms with Gasteiger partial charge in [0.05, 0.1) is 15.5 Å². The summed E-state index contributed by atoms with van der Waals surface area (Å²) < 4.78 is 55.0. The minimum Gasteiger partial charge on any atom is -0.279 e. The largest absolute Gasteiger partial charge is 0.279 e. The maximum Gasteiger partial charge on any atom is 0.261 e. The summed E-state index contributed by atoms with van der Waals surface area (Å²) in [6.45, 7) is 9.62. The molecule has 0 aliphatic heterocycles. The number of rotatable bonds is 7. The van der Waals surface area contributed by atoms with Crippen LogP contribution in [0.2, 0.25) is 0 Å². The van der Waals surface area contributed by atoms with Crippen molar-refractivity contribution in [1.82, 2.24) is 4.31 Å². The molecule has 0 saturated heterocycles. The first-order valence-corrected chi connectivity index (χ1v) is 11.7. The summed E-state index contributed by atoms with van der Waals surface area (Å²) in [4.78, 5) is 0.207. The Bertz CT molecular complexity index is 1020. The quantitative estimate of drug-likeness (QED) is 0.758. The molecule has 0 atom stereocenters. The summed E-state index contributed by atoms with van der Waals surface area (Å²) in [5.41, 5.74) is 2.60. The third-order valence-corrected chi connectivity index (χ3v) is 7.97. The second-order valence-corrected chi connectivity index (χ2v) is 10.0. The fourth-order valence-corrected chi connectivity index (χ4v) is 5.40. The van der Waals surface area contributed by atoms with Gasteiger partial charge < -0.3 is 0 Å². The highest BCUT2D eigenvalue weighted by Crippen LogP contribution is 2.28. The fraction of sp³-hybridized carbons (Fsp3) is 0.368. The van der Waals surface area contributed by atoms with Gasteiger partial charge in [0.1, 0.15) is 0 Å². The van der Waals surface area contributed by atoms with E-state index >= 15 is 0 Å². The van der Waals surface area contributed by atoms with Gasteiger partial charge in [-0.15, -0.1) is 0 Å². The predicted molar refractivity (Wildman–Crippen MR) is 108 cm³/mol. The van der Waals surface area contributed by atoms with Gasteiger partial charge in [-0.3, -0.25) is 4.72 Å². The summed E-state index contributed by atoms with van der Waals surface area (Å²) in [5.74, 6) is 0. The predicted octanol–water partition coefficient (Wildman–Crippen LogP) is 3.44. The molecule has 0 aromatic heterocycles. The molecule has 0 heterocycles. The van der Waals surface area contributed by atoms with E-state index in [-0.39, 0.29) is 15.5 Å². The standard InChI is InChI=1S/C19H26N2O4S2/c1-6-21(7-2)27(24,25)18-12-15(4)16(5)19(13-18)20-26(22,23)17-10-8-14(3)9-11-17/h8-13,20H,6-7H2,1-5H3. The molecule has 2 rings (SSSR count). The van der Waals surface area contributed by atoms with Gasteiger partial charge in [0, 0.05) is 13.1 Å². The van der Waals surface area contributed by atoms with E-state index in [0.29, 0.717) is 24.2 Å². The maximum absolute atomic E-state index is 12.8. The molecule has 8 heteroatoms. The van der Waals surface area contributed by atoms with Crippen LogP contribution in [0.3, 0.4) is 0 Å². The molecule has 0 radical (unpaired) electrons. The van der Waals surface area contributed by atoms with E-state index in [0.717, 1.165) is 5.56 Å². The zero-order valence-corrected chi connectivity index (χ0v) is 17.9. The molecular formula is C19H26N2O4S2. The lowest BCUT2D eigenvalue weighted by molar-refractivity contribution is 0.445. The van der Waals surface area contributed by atoms with Crippen molar-refractivity contribution in [3.8, 4) is 0 Å². The zero-order chi connectivity index (χ0) is 20.4. The fourth-order valence-electron chi connectivity index (χ4n) is 2.71. The Hall–Kier alpha value is -1.90. The molecule has 0 unspecified atom stereocenters. The first kappa shape index (κ1) is 21.4. The Morgan fingerprint density at radius 1 is 0.852 bits per heavy atom. The van der Waals surface area contributed by atoms with E-state index in [1.54, 1.807) is 45.9 Å². The van der Waals surface area contributed by atoms with Gasteiger partial charge in [0.15, 0.2) is 0 Å². The lowest BCUT2D eigenvalue weighted by atomic mass is 10.1. The number of nitrogens with zero attached hydrogens (tertiary/aromatic N) is 1. The highest BCUT2D eigenvalue weighted by atomic mass is 32.2. The lowest BCUT2D eigenvalue weighted by Crippen LogP contribution is -2.30. The van der Waals surface area contributed by atoms with Crippen LogP contribution in [0, 0.1) is 20.8 Å². The second-order valence-electron chi connectivity index (χ2n) is 6.42. The van der Waals surface area contributed by atoms with Crippen molar-refractivity contribution in [1.29, 1.82) is 0 Å². The molecule has 148 valence electrons. The van der Waals surface area contributed by atoms with Crippen LogP contribution in [0.25, 0.3) is 0 Å². The zero-order valence-electron chi connectivity index (χ0n) is 16.3. The number of sulfonamides is 2. The summed E-state index contributed by atoms with van der Waals surface area (Å²) in [7, 11) is -7.51.